The number of carbonyl (C=O) groups excluding carboxylic acids is 1. The summed E-state index contributed by atoms with van der Waals surface area (Å²) in [6, 6.07) is 0. The Morgan fingerprint density at radius 2 is 1.53 bits per heavy atom. The molecule has 0 spiro atoms. The van der Waals surface area contributed by atoms with Crippen LogP contribution < -0.4 is 0 Å². The van der Waals surface area contributed by atoms with Gasteiger partial charge in [-0.05, 0) is 38.5 Å². The molecule has 3 fully saturated rings. The van der Waals surface area contributed by atoms with Crippen LogP contribution in [0.15, 0.2) is 0 Å². The summed E-state index contributed by atoms with van der Waals surface area (Å²) >= 11 is 0. The summed E-state index contributed by atoms with van der Waals surface area (Å²) < 4.78 is 5.36. The van der Waals surface area contributed by atoms with Crippen LogP contribution in [0.25, 0.3) is 0 Å². The van der Waals surface area contributed by atoms with Crippen LogP contribution in [0.2, 0.25) is 0 Å². The van der Waals surface area contributed by atoms with Gasteiger partial charge in [0.2, 0.25) is 0 Å². The zero-order valence-electron chi connectivity index (χ0n) is 8.91. The lowest BCUT2D eigenvalue weighted by atomic mass is 9.58. The van der Waals surface area contributed by atoms with E-state index in [1.165, 1.54) is 6.92 Å². The maximum Gasteiger partial charge on any atom is 0.309 e. The fourth-order valence-electron chi connectivity index (χ4n) is 2.93. The molecule has 2 bridgehead atoms. The van der Waals surface area contributed by atoms with E-state index in [0.29, 0.717) is 38.5 Å². The molecule has 0 aromatic carbocycles. The van der Waals surface area contributed by atoms with E-state index in [-0.39, 0.29) is 11.6 Å². The first-order valence-electron chi connectivity index (χ1n) is 5.41. The van der Waals surface area contributed by atoms with Crippen LogP contribution in [0.4, 0.5) is 0 Å². The predicted molar refractivity (Wildman–Crippen MR) is 52.3 cm³/mol. The van der Waals surface area contributed by atoms with Crippen molar-refractivity contribution >= 4 is 11.9 Å². The highest BCUT2D eigenvalue weighted by Crippen LogP contribution is 2.53. The Kier molecular flexibility index (Phi) is 2.24. The van der Waals surface area contributed by atoms with Gasteiger partial charge < -0.3 is 9.84 Å². The number of carboxylic acid groups (broad SMARTS) is 1. The van der Waals surface area contributed by atoms with Crippen LogP contribution in [0, 0.1) is 5.41 Å². The summed E-state index contributed by atoms with van der Waals surface area (Å²) in [5, 5.41) is 9.17. The lowest BCUT2D eigenvalue weighted by molar-refractivity contribution is -0.182. The molecule has 4 heteroatoms. The van der Waals surface area contributed by atoms with Gasteiger partial charge in [-0.3, -0.25) is 9.59 Å². The zero-order chi connectivity index (χ0) is 11.1. The molecule has 0 saturated heterocycles. The van der Waals surface area contributed by atoms with Gasteiger partial charge in [-0.25, -0.2) is 0 Å². The number of rotatable bonds is 2. The van der Waals surface area contributed by atoms with Gasteiger partial charge in [0, 0.05) is 6.92 Å². The second-order valence-corrected chi connectivity index (χ2v) is 4.86. The van der Waals surface area contributed by atoms with Crippen molar-refractivity contribution in [3.8, 4) is 0 Å². The molecule has 0 radical (unpaired) electrons. The first-order valence-corrected chi connectivity index (χ1v) is 5.41. The number of fused-ring (bicyclic) bond motifs is 3. The molecule has 0 aromatic rings. The van der Waals surface area contributed by atoms with E-state index in [1.54, 1.807) is 0 Å². The molecule has 84 valence electrons. The average molecular weight is 212 g/mol. The van der Waals surface area contributed by atoms with E-state index >= 15 is 0 Å². The quantitative estimate of drug-likeness (QED) is 0.708. The molecule has 3 saturated carbocycles. The minimum Gasteiger partial charge on any atom is -0.481 e. The van der Waals surface area contributed by atoms with Crippen LogP contribution in [-0.4, -0.2) is 22.6 Å². The third-order valence-corrected chi connectivity index (χ3v) is 3.99. The molecule has 0 atom stereocenters. The number of hydrogen-bond acceptors (Lipinski definition) is 3. The third-order valence-electron chi connectivity index (χ3n) is 3.99. The van der Waals surface area contributed by atoms with Crippen molar-refractivity contribution in [3.63, 3.8) is 0 Å². The zero-order valence-corrected chi connectivity index (χ0v) is 8.91. The first kappa shape index (κ1) is 10.5. The van der Waals surface area contributed by atoms with Gasteiger partial charge in [0.1, 0.15) is 5.60 Å². The van der Waals surface area contributed by atoms with Crippen LogP contribution in [0.1, 0.15) is 45.4 Å². The fraction of sp³-hybridized carbons (Fsp3) is 0.818. The molecule has 3 aliphatic rings. The monoisotopic (exact) mass is 212 g/mol. The molecule has 0 heterocycles. The largest absolute Gasteiger partial charge is 0.481 e. The maximum atomic E-state index is 11.2. The Hall–Kier alpha value is -1.06. The van der Waals surface area contributed by atoms with E-state index < -0.39 is 11.4 Å². The van der Waals surface area contributed by atoms with E-state index in [4.69, 9.17) is 4.74 Å². The summed E-state index contributed by atoms with van der Waals surface area (Å²) in [6.07, 6.45) is 4.07. The highest BCUT2D eigenvalue weighted by Gasteiger charge is 2.54. The van der Waals surface area contributed by atoms with Crippen molar-refractivity contribution in [2.75, 3.05) is 0 Å². The Morgan fingerprint density at radius 3 is 1.87 bits per heavy atom. The van der Waals surface area contributed by atoms with Crippen LogP contribution in [0.5, 0.6) is 0 Å². The van der Waals surface area contributed by atoms with E-state index in [9.17, 15) is 14.7 Å². The molecule has 4 nitrogen and oxygen atoms in total. The minimum absolute atomic E-state index is 0.250. The second kappa shape index (κ2) is 3.22. The summed E-state index contributed by atoms with van der Waals surface area (Å²) in [5.41, 5.74) is -0.870. The van der Waals surface area contributed by atoms with Crippen LogP contribution in [0.3, 0.4) is 0 Å². The molecule has 3 aliphatic carbocycles. The van der Waals surface area contributed by atoms with Crippen molar-refractivity contribution < 1.29 is 19.4 Å². The van der Waals surface area contributed by atoms with E-state index in [1.807, 2.05) is 0 Å². The Labute approximate surface area is 88.6 Å². The van der Waals surface area contributed by atoms with Crippen molar-refractivity contribution in [2.45, 2.75) is 51.0 Å². The predicted octanol–water partition coefficient (Wildman–Crippen LogP) is 1.73. The molecular formula is C11H16O4. The van der Waals surface area contributed by atoms with Gasteiger partial charge in [-0.15, -0.1) is 0 Å². The van der Waals surface area contributed by atoms with Crippen LogP contribution in [-0.2, 0) is 14.3 Å². The standard InChI is InChI=1S/C11H16O4/c1-8(12)15-11-5-2-10(3-6-11,4-7-11)9(13)14/h2-7H2,1H3,(H,13,14). The summed E-state index contributed by atoms with van der Waals surface area (Å²) in [7, 11) is 0. The van der Waals surface area contributed by atoms with Gasteiger partial charge >= 0.3 is 11.9 Å². The minimum atomic E-state index is -0.682. The number of esters is 1. The summed E-state index contributed by atoms with van der Waals surface area (Å²) in [5.74, 6) is -0.932. The Morgan fingerprint density at radius 1 is 1.07 bits per heavy atom. The van der Waals surface area contributed by atoms with E-state index in [0.717, 1.165) is 0 Å². The van der Waals surface area contributed by atoms with Gasteiger partial charge in [0.05, 0.1) is 5.41 Å². The average Bonchev–Trinajstić information content (AvgIpc) is 2.18. The number of carboxylic acids is 1. The summed E-state index contributed by atoms with van der Waals surface area (Å²) in [4.78, 5) is 22.1. The van der Waals surface area contributed by atoms with E-state index in [2.05, 4.69) is 0 Å². The van der Waals surface area contributed by atoms with Crippen LogP contribution >= 0.6 is 0 Å². The van der Waals surface area contributed by atoms with Crippen molar-refractivity contribution in [1.29, 1.82) is 0 Å². The lowest BCUT2D eigenvalue weighted by Crippen LogP contribution is -2.51. The molecule has 0 amide bonds. The summed E-state index contributed by atoms with van der Waals surface area (Å²) in [6.45, 7) is 1.42. The van der Waals surface area contributed by atoms with Crippen molar-refractivity contribution in [3.05, 3.63) is 0 Å². The molecule has 15 heavy (non-hydrogen) atoms. The Balaban J connectivity index is 2.10. The molecular weight excluding hydrogens is 196 g/mol. The van der Waals surface area contributed by atoms with Gasteiger partial charge in [0.15, 0.2) is 0 Å². The van der Waals surface area contributed by atoms with Crippen molar-refractivity contribution in [2.24, 2.45) is 5.41 Å². The molecule has 0 aliphatic heterocycles. The smallest absolute Gasteiger partial charge is 0.309 e. The first-order chi connectivity index (χ1) is 6.98. The molecule has 0 aromatic heterocycles. The molecule has 3 rings (SSSR count). The van der Waals surface area contributed by atoms with Gasteiger partial charge in [-0.2, -0.15) is 0 Å². The SMILES string of the molecule is CC(=O)OC12CCC(C(=O)O)(CC1)CC2. The second-order valence-electron chi connectivity index (χ2n) is 4.86. The van der Waals surface area contributed by atoms with Gasteiger partial charge in [0.25, 0.3) is 0 Å². The number of carbonyl (C=O) groups is 2. The number of aliphatic carboxylic acids is 1. The Bertz CT molecular complexity index is 283. The lowest BCUT2D eigenvalue weighted by Gasteiger charge is -2.50. The topological polar surface area (TPSA) is 63.6 Å². The van der Waals surface area contributed by atoms with Crippen molar-refractivity contribution in [1.82, 2.24) is 0 Å². The highest BCUT2D eigenvalue weighted by atomic mass is 16.6. The molecule has 0 unspecified atom stereocenters. The van der Waals surface area contributed by atoms with Gasteiger partial charge in [-0.1, -0.05) is 0 Å². The number of hydrogen-bond donors (Lipinski definition) is 1. The maximum absolute atomic E-state index is 11.2. The highest BCUT2D eigenvalue weighted by molar-refractivity contribution is 5.75. The fourth-order valence-corrected chi connectivity index (χ4v) is 2.93. The number of ether oxygens (including phenoxy) is 1. The normalized spacial score (nSPS) is 38.7. The third kappa shape index (κ3) is 1.62. The molecule has 1 N–H and O–H groups in total.